The molecule has 0 spiro atoms. The van der Waals surface area contributed by atoms with Crippen LogP contribution in [0.4, 0.5) is 20.2 Å². The second-order valence-corrected chi connectivity index (χ2v) is 11.8. The van der Waals surface area contributed by atoms with Gasteiger partial charge < -0.3 is 25.8 Å². The summed E-state index contributed by atoms with van der Waals surface area (Å²) in [5.74, 6) is -2.12. The highest BCUT2D eigenvalue weighted by Gasteiger charge is 2.34. The number of anilines is 2. The number of nitrogens with zero attached hydrogens (tertiary/aromatic N) is 5. The van der Waals surface area contributed by atoms with Gasteiger partial charge in [-0.1, -0.05) is 6.92 Å². The number of hydrogen-bond donors (Lipinski definition) is 4. The molecule has 14 heteroatoms. The van der Waals surface area contributed by atoms with Crippen molar-refractivity contribution >= 4 is 38.0 Å². The van der Waals surface area contributed by atoms with E-state index < -0.39 is 23.1 Å². The van der Waals surface area contributed by atoms with E-state index >= 15 is 8.78 Å². The first-order valence-corrected chi connectivity index (χ1v) is 14.9. The Bertz CT molecular complexity index is 1530. The number of aliphatic imine (C=N–C) groups is 1. The molecule has 0 saturated carbocycles. The average molecular weight is 625 g/mol. The topological polar surface area (TPSA) is 162 Å². The van der Waals surface area contributed by atoms with Gasteiger partial charge in [0.25, 0.3) is 5.91 Å². The molecule has 5 N–H and O–H groups in total. The van der Waals surface area contributed by atoms with Gasteiger partial charge in [0, 0.05) is 63.2 Å². The molecule has 2 fully saturated rings. The molecule has 44 heavy (non-hydrogen) atoms. The Hall–Kier alpha value is -3.77. The predicted molar refractivity (Wildman–Crippen MR) is 167 cm³/mol. The van der Waals surface area contributed by atoms with Gasteiger partial charge in [0.15, 0.2) is 0 Å². The molecule has 0 radical (unpaired) electrons. The fourth-order valence-corrected chi connectivity index (χ4v) is 6.27. The van der Waals surface area contributed by atoms with E-state index in [0.717, 1.165) is 6.07 Å². The van der Waals surface area contributed by atoms with Gasteiger partial charge in [-0.3, -0.25) is 14.8 Å². The predicted octanol–water partition coefficient (Wildman–Crippen LogP) is 3.43. The SMILES string of the molecule is CC1CN(c2ccncc2NC(=O)c2ccc(F)c(-c3c(F)cc(C4(O)CCOCC4)cc3P)n2)CC(N)C1N=CCN=N. The smallest absolute Gasteiger partial charge is 0.274 e. The van der Waals surface area contributed by atoms with E-state index in [-0.39, 0.29) is 41.5 Å². The van der Waals surface area contributed by atoms with E-state index in [1.165, 1.54) is 18.3 Å². The molecule has 11 nitrogen and oxygen atoms in total. The third kappa shape index (κ3) is 6.66. The van der Waals surface area contributed by atoms with Gasteiger partial charge in [-0.2, -0.15) is 5.11 Å². The highest BCUT2D eigenvalue weighted by Crippen LogP contribution is 2.35. The Morgan fingerprint density at radius 1 is 1.27 bits per heavy atom. The molecular formula is C30H35F2N8O3P. The number of nitrogens with two attached hydrogens (primary N) is 1. The van der Waals surface area contributed by atoms with Crippen LogP contribution in [0.1, 0.15) is 35.8 Å². The van der Waals surface area contributed by atoms with E-state index in [4.69, 9.17) is 16.0 Å². The molecule has 232 valence electrons. The standard InChI is InChI=1S/C30H35F2N8O3P/c1-17-15-40(16-21(33)27(17)36-8-9-37-34)24-4-7-35-14-23(24)39-29(41)22-3-2-19(31)28(38-22)26-20(32)12-18(13-25(26)44)30(42)5-10-43-11-6-30/h2-4,7-8,12-14,17,21,27,34,42H,5-6,9-11,15-16,33,44H2,1H3,(H,39,41). The second-order valence-electron chi connectivity index (χ2n) is 11.1. The number of carbonyl (C=O) groups is 1. The minimum absolute atomic E-state index is 0.0772. The number of piperidine rings is 1. The van der Waals surface area contributed by atoms with E-state index in [1.54, 1.807) is 24.5 Å². The number of hydrogen-bond acceptors (Lipinski definition) is 10. The second kappa shape index (κ2) is 13.5. The maximum absolute atomic E-state index is 15.5. The van der Waals surface area contributed by atoms with Crippen LogP contribution in [-0.2, 0) is 10.3 Å². The van der Waals surface area contributed by atoms with Gasteiger partial charge in [-0.25, -0.2) is 19.3 Å². The molecule has 4 atom stereocenters. The first-order chi connectivity index (χ1) is 21.1. The summed E-state index contributed by atoms with van der Waals surface area (Å²) in [7, 11) is 2.38. The Labute approximate surface area is 256 Å². The van der Waals surface area contributed by atoms with E-state index in [2.05, 4.69) is 34.6 Å². The summed E-state index contributed by atoms with van der Waals surface area (Å²) >= 11 is 0. The van der Waals surface area contributed by atoms with Crippen molar-refractivity contribution in [1.29, 1.82) is 5.53 Å². The zero-order valence-corrected chi connectivity index (χ0v) is 25.4. The van der Waals surface area contributed by atoms with Crippen LogP contribution in [0.5, 0.6) is 0 Å². The zero-order valence-electron chi connectivity index (χ0n) is 24.2. The van der Waals surface area contributed by atoms with Crippen LogP contribution < -0.4 is 21.3 Å². The van der Waals surface area contributed by atoms with Gasteiger partial charge in [-0.05, 0) is 47.1 Å². The van der Waals surface area contributed by atoms with Crippen LogP contribution in [0.25, 0.3) is 11.3 Å². The van der Waals surface area contributed by atoms with Crippen LogP contribution in [0, 0.1) is 23.1 Å². The lowest BCUT2D eigenvalue weighted by Crippen LogP contribution is -2.55. The minimum Gasteiger partial charge on any atom is -0.385 e. The third-order valence-corrected chi connectivity index (χ3v) is 8.55. The summed E-state index contributed by atoms with van der Waals surface area (Å²) in [6, 6.07) is 6.42. The first-order valence-electron chi connectivity index (χ1n) is 14.3. The molecule has 0 bridgehead atoms. The molecule has 1 amide bonds. The van der Waals surface area contributed by atoms with Crippen LogP contribution in [-0.4, -0.2) is 72.1 Å². The highest BCUT2D eigenvalue weighted by atomic mass is 31.0. The van der Waals surface area contributed by atoms with Crippen molar-refractivity contribution in [3.63, 3.8) is 0 Å². The molecule has 2 aromatic heterocycles. The fourth-order valence-electron chi connectivity index (χ4n) is 5.81. The Balaban J connectivity index is 1.38. The molecule has 4 heterocycles. The van der Waals surface area contributed by atoms with Gasteiger partial charge >= 0.3 is 0 Å². The normalized spacial score (nSPS) is 21.8. The Kier molecular flexibility index (Phi) is 9.69. The third-order valence-electron chi connectivity index (χ3n) is 8.09. The quantitative estimate of drug-likeness (QED) is 0.170. The molecular weight excluding hydrogens is 589 g/mol. The van der Waals surface area contributed by atoms with Crippen molar-refractivity contribution in [2.24, 2.45) is 21.8 Å². The van der Waals surface area contributed by atoms with E-state index in [1.807, 2.05) is 11.8 Å². The average Bonchev–Trinajstić information content (AvgIpc) is 2.99. The molecule has 0 aliphatic carbocycles. The number of aromatic nitrogens is 2. The van der Waals surface area contributed by atoms with Gasteiger partial charge in [0.05, 0.1) is 35.8 Å². The van der Waals surface area contributed by atoms with Crippen LogP contribution in [0.15, 0.2) is 52.8 Å². The van der Waals surface area contributed by atoms with E-state index in [9.17, 15) is 9.90 Å². The number of carbonyl (C=O) groups excluding carboxylic acids is 1. The highest BCUT2D eigenvalue weighted by molar-refractivity contribution is 7.28. The minimum atomic E-state index is -1.25. The number of benzene rings is 1. The summed E-state index contributed by atoms with van der Waals surface area (Å²) in [6.07, 6.45) is 5.35. The lowest BCUT2D eigenvalue weighted by Gasteiger charge is -2.41. The molecule has 3 aromatic rings. The van der Waals surface area contributed by atoms with Crippen LogP contribution >= 0.6 is 9.24 Å². The Morgan fingerprint density at radius 2 is 2.05 bits per heavy atom. The molecule has 1 aromatic carbocycles. The van der Waals surface area contributed by atoms with Crippen molar-refractivity contribution < 1.29 is 23.4 Å². The van der Waals surface area contributed by atoms with Crippen molar-refractivity contribution in [1.82, 2.24) is 9.97 Å². The van der Waals surface area contributed by atoms with Crippen molar-refractivity contribution in [2.45, 2.75) is 37.5 Å². The number of halogens is 2. The largest absolute Gasteiger partial charge is 0.385 e. The number of aliphatic hydroxyl groups is 1. The number of rotatable bonds is 8. The lowest BCUT2D eigenvalue weighted by atomic mass is 9.85. The van der Waals surface area contributed by atoms with Gasteiger partial charge in [-0.15, -0.1) is 9.24 Å². The van der Waals surface area contributed by atoms with E-state index in [0.29, 0.717) is 61.4 Å². The maximum Gasteiger partial charge on any atom is 0.274 e. The van der Waals surface area contributed by atoms with Crippen molar-refractivity contribution in [3.05, 3.63) is 65.6 Å². The van der Waals surface area contributed by atoms with Crippen LogP contribution in [0.2, 0.25) is 0 Å². The fraction of sp³-hybridized carbons (Fsp3) is 0.400. The molecule has 2 aliphatic heterocycles. The monoisotopic (exact) mass is 624 g/mol. The summed E-state index contributed by atoms with van der Waals surface area (Å²) < 4.78 is 35.9. The zero-order chi connectivity index (χ0) is 31.4. The van der Waals surface area contributed by atoms with Crippen molar-refractivity contribution in [3.8, 4) is 11.3 Å². The van der Waals surface area contributed by atoms with Crippen molar-refractivity contribution in [2.75, 3.05) is 43.1 Å². The number of nitrogens with one attached hydrogen (secondary N) is 2. The van der Waals surface area contributed by atoms with Gasteiger partial charge in [0.1, 0.15) is 23.0 Å². The summed E-state index contributed by atoms with van der Waals surface area (Å²) in [5.41, 5.74) is 13.1. The lowest BCUT2D eigenvalue weighted by molar-refractivity contribution is -0.0680. The summed E-state index contributed by atoms with van der Waals surface area (Å²) in [6.45, 7) is 4.00. The number of ether oxygens (including phenoxy) is 1. The molecule has 2 saturated heterocycles. The molecule has 5 rings (SSSR count). The van der Waals surface area contributed by atoms with Gasteiger partial charge in [0.2, 0.25) is 0 Å². The Morgan fingerprint density at radius 3 is 2.75 bits per heavy atom. The first kappa shape index (κ1) is 31.6. The number of amides is 1. The molecule has 2 aliphatic rings. The van der Waals surface area contributed by atoms with Crippen LogP contribution in [0.3, 0.4) is 0 Å². The summed E-state index contributed by atoms with van der Waals surface area (Å²) in [5, 5.41) is 17.4. The number of pyridine rings is 2. The molecule has 4 unspecified atom stereocenters. The maximum atomic E-state index is 15.5. The summed E-state index contributed by atoms with van der Waals surface area (Å²) in [4.78, 5) is 28.3.